The van der Waals surface area contributed by atoms with Crippen LogP contribution < -0.4 is 5.32 Å². The van der Waals surface area contributed by atoms with Gasteiger partial charge in [0.1, 0.15) is 5.69 Å². The fourth-order valence-electron chi connectivity index (χ4n) is 2.94. The normalized spacial score (nSPS) is 14.2. The van der Waals surface area contributed by atoms with Crippen LogP contribution in [0.3, 0.4) is 0 Å². The first kappa shape index (κ1) is 17.5. The van der Waals surface area contributed by atoms with Crippen LogP contribution in [0.2, 0.25) is 0 Å². The highest BCUT2D eigenvalue weighted by Gasteiger charge is 2.21. The summed E-state index contributed by atoms with van der Waals surface area (Å²) in [6, 6.07) is 10.3. The van der Waals surface area contributed by atoms with Crippen LogP contribution in [0.5, 0.6) is 0 Å². The summed E-state index contributed by atoms with van der Waals surface area (Å²) in [5.41, 5.74) is 2.58. The Morgan fingerprint density at radius 1 is 1.26 bits per heavy atom. The van der Waals surface area contributed by atoms with Gasteiger partial charge in [0.05, 0.1) is 11.9 Å². The molecular formula is C20H19N5OS. The number of anilines is 1. The van der Waals surface area contributed by atoms with Gasteiger partial charge in [0, 0.05) is 43.3 Å². The Hall–Kier alpha value is -2.90. The van der Waals surface area contributed by atoms with Crippen molar-refractivity contribution in [1.82, 2.24) is 19.9 Å². The lowest BCUT2D eigenvalue weighted by molar-refractivity contribution is 0.102. The Balaban J connectivity index is 1.36. The topological polar surface area (TPSA) is 71.0 Å². The van der Waals surface area contributed by atoms with Gasteiger partial charge in [0.15, 0.2) is 5.13 Å². The molecule has 1 aliphatic heterocycles. The van der Waals surface area contributed by atoms with Crippen LogP contribution in [0.1, 0.15) is 26.6 Å². The van der Waals surface area contributed by atoms with E-state index in [-0.39, 0.29) is 5.91 Å². The highest BCUT2D eigenvalue weighted by atomic mass is 32.1. The number of nitrogens with zero attached hydrogens (tertiary/aromatic N) is 4. The SMILES string of the molecule is O=C(Nc1nc2c(s1)CN(C/C=C/c1ccccc1)CC2)c1cnccn1. The van der Waals surface area contributed by atoms with Crippen LogP contribution in [0.25, 0.3) is 6.08 Å². The summed E-state index contributed by atoms with van der Waals surface area (Å²) >= 11 is 1.53. The summed E-state index contributed by atoms with van der Waals surface area (Å²) in [7, 11) is 0. The highest BCUT2D eigenvalue weighted by molar-refractivity contribution is 7.15. The number of rotatable bonds is 5. The first-order chi connectivity index (χ1) is 13.3. The number of benzene rings is 1. The third-order valence-corrected chi connectivity index (χ3v) is 5.30. The summed E-state index contributed by atoms with van der Waals surface area (Å²) in [6.07, 6.45) is 9.73. The molecule has 1 aliphatic rings. The van der Waals surface area contributed by atoms with Crippen LogP contribution in [-0.4, -0.2) is 38.8 Å². The Kier molecular flexibility index (Phi) is 5.32. The average molecular weight is 377 g/mol. The molecule has 0 radical (unpaired) electrons. The summed E-state index contributed by atoms with van der Waals surface area (Å²) in [5.74, 6) is -0.281. The molecule has 136 valence electrons. The van der Waals surface area contributed by atoms with Crippen molar-refractivity contribution in [3.05, 3.63) is 76.8 Å². The predicted molar refractivity (Wildman–Crippen MR) is 107 cm³/mol. The molecule has 1 amide bonds. The zero-order valence-corrected chi connectivity index (χ0v) is 15.5. The molecule has 1 aromatic carbocycles. The van der Waals surface area contributed by atoms with Gasteiger partial charge >= 0.3 is 0 Å². The third-order valence-electron chi connectivity index (χ3n) is 4.30. The molecule has 0 unspecified atom stereocenters. The average Bonchev–Trinajstić information content (AvgIpc) is 3.11. The van der Waals surface area contributed by atoms with Gasteiger partial charge in [-0.15, -0.1) is 11.3 Å². The zero-order chi connectivity index (χ0) is 18.5. The first-order valence-electron chi connectivity index (χ1n) is 8.78. The van der Waals surface area contributed by atoms with Crippen molar-refractivity contribution >= 4 is 28.5 Å². The van der Waals surface area contributed by atoms with Gasteiger partial charge in [0.2, 0.25) is 0 Å². The second-order valence-electron chi connectivity index (χ2n) is 6.23. The molecule has 6 nitrogen and oxygen atoms in total. The molecular weight excluding hydrogens is 358 g/mol. The van der Waals surface area contributed by atoms with E-state index in [2.05, 4.69) is 49.5 Å². The van der Waals surface area contributed by atoms with Gasteiger partial charge in [0.25, 0.3) is 5.91 Å². The van der Waals surface area contributed by atoms with Crippen molar-refractivity contribution < 1.29 is 4.79 Å². The van der Waals surface area contributed by atoms with Crippen LogP contribution >= 0.6 is 11.3 Å². The lowest BCUT2D eigenvalue weighted by Gasteiger charge is -2.24. The quantitative estimate of drug-likeness (QED) is 0.739. The third kappa shape index (κ3) is 4.45. The molecule has 4 rings (SSSR count). The lowest BCUT2D eigenvalue weighted by atomic mass is 10.1. The molecule has 2 aromatic heterocycles. The Bertz CT molecular complexity index is 940. The van der Waals surface area contributed by atoms with Crippen LogP contribution in [0.15, 0.2) is 55.0 Å². The van der Waals surface area contributed by atoms with Gasteiger partial charge in [-0.05, 0) is 5.56 Å². The Labute approximate surface area is 161 Å². The number of carbonyl (C=O) groups is 1. The van der Waals surface area contributed by atoms with Gasteiger partial charge < -0.3 is 0 Å². The van der Waals surface area contributed by atoms with Crippen molar-refractivity contribution in [2.75, 3.05) is 18.4 Å². The van der Waals surface area contributed by atoms with Gasteiger partial charge in [-0.1, -0.05) is 42.5 Å². The van der Waals surface area contributed by atoms with Crippen molar-refractivity contribution in [2.45, 2.75) is 13.0 Å². The second kappa shape index (κ2) is 8.20. The largest absolute Gasteiger partial charge is 0.296 e. The molecule has 1 N–H and O–H groups in total. The second-order valence-corrected chi connectivity index (χ2v) is 7.32. The molecule has 3 aromatic rings. The zero-order valence-electron chi connectivity index (χ0n) is 14.7. The van der Waals surface area contributed by atoms with Crippen molar-refractivity contribution in [2.24, 2.45) is 0 Å². The van der Waals surface area contributed by atoms with Gasteiger partial charge in [-0.2, -0.15) is 0 Å². The standard InChI is InChI=1S/C20H19N5OS/c26-19(17-13-21-9-10-22-17)24-20-23-16-8-12-25(14-18(16)27-20)11-4-7-15-5-2-1-3-6-15/h1-7,9-10,13H,8,11-12,14H2,(H,23,24,26)/b7-4+. The van der Waals surface area contributed by atoms with Crippen LogP contribution in [0, 0.1) is 0 Å². The van der Waals surface area contributed by atoms with Crippen molar-refractivity contribution in [3.8, 4) is 0 Å². The summed E-state index contributed by atoms with van der Waals surface area (Å²) in [5, 5.41) is 3.45. The number of nitrogens with one attached hydrogen (secondary N) is 1. The number of hydrogen-bond acceptors (Lipinski definition) is 6. The maximum atomic E-state index is 12.2. The molecule has 7 heteroatoms. The summed E-state index contributed by atoms with van der Waals surface area (Å²) in [6.45, 7) is 2.72. The number of carbonyl (C=O) groups excluding carboxylic acids is 1. The number of fused-ring (bicyclic) bond motifs is 1. The van der Waals surface area contributed by atoms with E-state index >= 15 is 0 Å². The molecule has 0 aliphatic carbocycles. The first-order valence-corrected chi connectivity index (χ1v) is 9.59. The molecule has 0 bridgehead atoms. The fraction of sp³-hybridized carbons (Fsp3) is 0.200. The molecule has 0 atom stereocenters. The minimum atomic E-state index is -0.281. The number of hydrogen-bond donors (Lipinski definition) is 1. The van der Waals surface area contributed by atoms with Crippen molar-refractivity contribution in [3.63, 3.8) is 0 Å². The van der Waals surface area contributed by atoms with E-state index in [1.54, 1.807) is 6.20 Å². The minimum absolute atomic E-state index is 0.281. The van der Waals surface area contributed by atoms with E-state index in [4.69, 9.17) is 0 Å². The monoisotopic (exact) mass is 377 g/mol. The summed E-state index contributed by atoms with van der Waals surface area (Å²) in [4.78, 5) is 28.3. The number of amides is 1. The molecule has 3 heterocycles. The van der Waals surface area contributed by atoms with E-state index in [1.807, 2.05) is 18.2 Å². The van der Waals surface area contributed by atoms with E-state index in [0.717, 1.165) is 31.7 Å². The van der Waals surface area contributed by atoms with Crippen LogP contribution in [0.4, 0.5) is 5.13 Å². The molecule has 0 spiro atoms. The van der Waals surface area contributed by atoms with Gasteiger partial charge in [-0.25, -0.2) is 9.97 Å². The maximum absolute atomic E-state index is 12.2. The Morgan fingerprint density at radius 3 is 2.96 bits per heavy atom. The van der Waals surface area contributed by atoms with Crippen molar-refractivity contribution in [1.29, 1.82) is 0 Å². The lowest BCUT2D eigenvalue weighted by Crippen LogP contribution is -2.29. The Morgan fingerprint density at radius 2 is 2.15 bits per heavy atom. The van der Waals surface area contributed by atoms with E-state index in [9.17, 15) is 4.79 Å². The molecule has 0 fully saturated rings. The predicted octanol–water partition coefficient (Wildman–Crippen LogP) is 3.26. The number of aromatic nitrogens is 3. The minimum Gasteiger partial charge on any atom is -0.296 e. The van der Waals surface area contributed by atoms with Crippen LogP contribution in [-0.2, 0) is 13.0 Å². The van der Waals surface area contributed by atoms with E-state index in [0.29, 0.717) is 10.8 Å². The van der Waals surface area contributed by atoms with Gasteiger partial charge in [-0.3, -0.25) is 20.0 Å². The molecule has 0 saturated heterocycles. The smallest absolute Gasteiger partial charge is 0.277 e. The molecule has 27 heavy (non-hydrogen) atoms. The molecule has 0 saturated carbocycles. The van der Waals surface area contributed by atoms with E-state index < -0.39 is 0 Å². The maximum Gasteiger partial charge on any atom is 0.277 e. The highest BCUT2D eigenvalue weighted by Crippen LogP contribution is 2.28. The fourth-order valence-corrected chi connectivity index (χ4v) is 3.98. The van der Waals surface area contributed by atoms with E-state index in [1.165, 1.54) is 34.2 Å². The number of thiazole rings is 1. The summed E-state index contributed by atoms with van der Waals surface area (Å²) < 4.78 is 0.